The second-order valence-corrected chi connectivity index (χ2v) is 6.65. The number of carbonyl (C=O) groups is 1. The number of likely N-dealkylation sites (tertiary alicyclic amines) is 1. The number of benzene rings is 1. The summed E-state index contributed by atoms with van der Waals surface area (Å²) in [4.78, 5) is 18.6. The third-order valence-electron chi connectivity index (χ3n) is 4.44. The maximum absolute atomic E-state index is 13.3. The molecule has 0 N–H and O–H groups in total. The van der Waals surface area contributed by atoms with Gasteiger partial charge in [0, 0.05) is 31.0 Å². The summed E-state index contributed by atoms with van der Waals surface area (Å²) in [5.41, 5.74) is 0.409. The molecule has 1 fully saturated rings. The lowest BCUT2D eigenvalue weighted by atomic mass is 9.93. The average molecular weight is 331 g/mol. The number of hydrogen-bond donors (Lipinski definition) is 0. The summed E-state index contributed by atoms with van der Waals surface area (Å²) in [6.45, 7) is 5.41. The summed E-state index contributed by atoms with van der Waals surface area (Å²) in [5, 5.41) is 3.99. The van der Waals surface area contributed by atoms with Crippen molar-refractivity contribution in [3.05, 3.63) is 47.4 Å². The number of halogens is 1. The first-order valence-corrected chi connectivity index (χ1v) is 8.40. The zero-order valence-electron chi connectivity index (χ0n) is 14.0. The van der Waals surface area contributed by atoms with Gasteiger partial charge in [-0.25, -0.2) is 4.39 Å². The average Bonchev–Trinajstić information content (AvgIpc) is 3.04. The van der Waals surface area contributed by atoms with Gasteiger partial charge in [-0.2, -0.15) is 4.98 Å². The van der Waals surface area contributed by atoms with E-state index in [-0.39, 0.29) is 17.6 Å². The SMILES string of the molecule is CC(C)c1noc(CC2CCN(C(=O)c3cccc(F)c3)CC2)n1. The highest BCUT2D eigenvalue weighted by Gasteiger charge is 2.25. The van der Waals surface area contributed by atoms with Crippen molar-refractivity contribution >= 4 is 5.91 Å². The van der Waals surface area contributed by atoms with E-state index in [4.69, 9.17) is 4.52 Å². The summed E-state index contributed by atoms with van der Waals surface area (Å²) >= 11 is 0. The fraction of sp³-hybridized carbons (Fsp3) is 0.500. The van der Waals surface area contributed by atoms with Gasteiger partial charge in [-0.1, -0.05) is 25.1 Å². The molecular weight excluding hydrogens is 309 g/mol. The van der Waals surface area contributed by atoms with Gasteiger partial charge in [0.2, 0.25) is 5.89 Å². The normalized spacial score (nSPS) is 15.9. The Balaban J connectivity index is 1.54. The molecule has 0 radical (unpaired) electrons. The van der Waals surface area contributed by atoms with Crippen molar-refractivity contribution in [2.24, 2.45) is 5.92 Å². The maximum Gasteiger partial charge on any atom is 0.253 e. The Morgan fingerprint density at radius 1 is 1.38 bits per heavy atom. The summed E-state index contributed by atoms with van der Waals surface area (Å²) < 4.78 is 18.6. The predicted octanol–water partition coefficient (Wildman–Crippen LogP) is 3.43. The van der Waals surface area contributed by atoms with Gasteiger partial charge >= 0.3 is 0 Å². The van der Waals surface area contributed by atoms with Crippen LogP contribution in [0.2, 0.25) is 0 Å². The van der Waals surface area contributed by atoms with Crippen LogP contribution < -0.4 is 0 Å². The van der Waals surface area contributed by atoms with Gasteiger partial charge in [-0.3, -0.25) is 4.79 Å². The number of piperidine rings is 1. The number of nitrogens with zero attached hydrogens (tertiary/aromatic N) is 3. The first-order valence-electron chi connectivity index (χ1n) is 8.40. The Bertz CT molecular complexity index is 706. The van der Waals surface area contributed by atoms with E-state index in [9.17, 15) is 9.18 Å². The fourth-order valence-electron chi connectivity index (χ4n) is 2.98. The van der Waals surface area contributed by atoms with E-state index in [0.717, 1.165) is 25.1 Å². The quantitative estimate of drug-likeness (QED) is 0.861. The number of carbonyl (C=O) groups excluding carboxylic acids is 1. The van der Waals surface area contributed by atoms with Crippen LogP contribution >= 0.6 is 0 Å². The van der Waals surface area contributed by atoms with Crippen molar-refractivity contribution in [1.82, 2.24) is 15.0 Å². The van der Waals surface area contributed by atoms with E-state index in [1.54, 1.807) is 17.0 Å². The molecule has 128 valence electrons. The third-order valence-corrected chi connectivity index (χ3v) is 4.44. The van der Waals surface area contributed by atoms with Crippen LogP contribution in [-0.4, -0.2) is 34.0 Å². The summed E-state index contributed by atoms with van der Waals surface area (Å²) in [6, 6.07) is 5.86. The maximum atomic E-state index is 13.3. The van der Waals surface area contributed by atoms with E-state index in [0.29, 0.717) is 30.5 Å². The molecule has 1 amide bonds. The van der Waals surface area contributed by atoms with Crippen LogP contribution in [0, 0.1) is 11.7 Å². The van der Waals surface area contributed by atoms with Gasteiger partial charge in [-0.15, -0.1) is 0 Å². The van der Waals surface area contributed by atoms with E-state index in [1.807, 2.05) is 13.8 Å². The first-order chi connectivity index (χ1) is 11.5. The van der Waals surface area contributed by atoms with Crippen molar-refractivity contribution in [2.45, 2.75) is 39.0 Å². The molecule has 3 rings (SSSR count). The number of rotatable bonds is 4. The molecule has 0 atom stereocenters. The lowest BCUT2D eigenvalue weighted by Crippen LogP contribution is -2.39. The van der Waals surface area contributed by atoms with E-state index in [2.05, 4.69) is 10.1 Å². The fourth-order valence-corrected chi connectivity index (χ4v) is 2.98. The summed E-state index contributed by atoms with van der Waals surface area (Å²) in [6.07, 6.45) is 2.53. The van der Waals surface area contributed by atoms with Crippen LogP contribution in [-0.2, 0) is 6.42 Å². The molecule has 1 aliphatic rings. The molecule has 1 aromatic carbocycles. The monoisotopic (exact) mass is 331 g/mol. The third kappa shape index (κ3) is 3.80. The van der Waals surface area contributed by atoms with Crippen LogP contribution in [0.1, 0.15) is 54.7 Å². The summed E-state index contributed by atoms with van der Waals surface area (Å²) in [5.74, 6) is 1.62. The minimum Gasteiger partial charge on any atom is -0.339 e. The predicted molar refractivity (Wildman–Crippen MR) is 87.1 cm³/mol. The lowest BCUT2D eigenvalue weighted by molar-refractivity contribution is 0.0687. The molecule has 0 unspecified atom stereocenters. The Hall–Kier alpha value is -2.24. The topological polar surface area (TPSA) is 59.2 Å². The Morgan fingerprint density at radius 3 is 2.75 bits per heavy atom. The van der Waals surface area contributed by atoms with Gasteiger partial charge < -0.3 is 9.42 Å². The van der Waals surface area contributed by atoms with Crippen LogP contribution in [0.3, 0.4) is 0 Å². The zero-order chi connectivity index (χ0) is 17.1. The van der Waals surface area contributed by atoms with E-state index in [1.165, 1.54) is 12.1 Å². The zero-order valence-corrected chi connectivity index (χ0v) is 14.0. The van der Waals surface area contributed by atoms with Crippen LogP contribution in [0.15, 0.2) is 28.8 Å². The molecule has 1 aliphatic heterocycles. The lowest BCUT2D eigenvalue weighted by Gasteiger charge is -2.31. The number of hydrogen-bond acceptors (Lipinski definition) is 4. The largest absolute Gasteiger partial charge is 0.339 e. The highest BCUT2D eigenvalue weighted by molar-refractivity contribution is 5.94. The second kappa shape index (κ2) is 7.11. The van der Waals surface area contributed by atoms with Crippen molar-refractivity contribution in [3.8, 4) is 0 Å². The van der Waals surface area contributed by atoms with E-state index >= 15 is 0 Å². The molecule has 1 saturated heterocycles. The number of aromatic nitrogens is 2. The van der Waals surface area contributed by atoms with Crippen molar-refractivity contribution in [1.29, 1.82) is 0 Å². The van der Waals surface area contributed by atoms with Crippen molar-refractivity contribution < 1.29 is 13.7 Å². The molecule has 2 aromatic rings. The first kappa shape index (κ1) is 16.6. The Morgan fingerprint density at radius 2 is 2.12 bits per heavy atom. The molecular formula is C18H22FN3O2. The second-order valence-electron chi connectivity index (χ2n) is 6.65. The molecule has 5 nitrogen and oxygen atoms in total. The Labute approximate surface area is 140 Å². The molecule has 0 spiro atoms. The van der Waals surface area contributed by atoms with Gasteiger partial charge in [0.05, 0.1) is 0 Å². The van der Waals surface area contributed by atoms with Gasteiger partial charge in [0.25, 0.3) is 5.91 Å². The van der Waals surface area contributed by atoms with Gasteiger partial charge in [-0.05, 0) is 37.0 Å². The molecule has 0 bridgehead atoms. The molecule has 0 saturated carbocycles. The van der Waals surface area contributed by atoms with E-state index < -0.39 is 0 Å². The highest BCUT2D eigenvalue weighted by atomic mass is 19.1. The van der Waals surface area contributed by atoms with Crippen molar-refractivity contribution in [2.75, 3.05) is 13.1 Å². The smallest absolute Gasteiger partial charge is 0.253 e. The van der Waals surface area contributed by atoms with Crippen molar-refractivity contribution in [3.63, 3.8) is 0 Å². The van der Waals surface area contributed by atoms with Crippen LogP contribution in [0.5, 0.6) is 0 Å². The standard InChI is InChI=1S/C18H22FN3O2/c1-12(2)17-20-16(24-21-17)10-13-6-8-22(9-7-13)18(23)14-4-3-5-15(19)11-14/h3-5,11-13H,6-10H2,1-2H3. The molecule has 1 aromatic heterocycles. The highest BCUT2D eigenvalue weighted by Crippen LogP contribution is 2.23. The van der Waals surface area contributed by atoms with Gasteiger partial charge in [0.15, 0.2) is 5.82 Å². The van der Waals surface area contributed by atoms with Crippen LogP contribution in [0.25, 0.3) is 0 Å². The molecule has 6 heteroatoms. The Kier molecular flexibility index (Phi) is 4.92. The molecule has 0 aliphatic carbocycles. The number of amides is 1. The van der Waals surface area contributed by atoms with Crippen LogP contribution in [0.4, 0.5) is 4.39 Å². The molecule has 2 heterocycles. The van der Waals surface area contributed by atoms with Gasteiger partial charge in [0.1, 0.15) is 5.82 Å². The minimum absolute atomic E-state index is 0.104. The molecule has 24 heavy (non-hydrogen) atoms. The summed E-state index contributed by atoms with van der Waals surface area (Å²) in [7, 11) is 0. The minimum atomic E-state index is -0.381.